The number of carboxylic acids is 1. The van der Waals surface area contributed by atoms with Crippen molar-refractivity contribution >= 4 is 11.8 Å². The fourth-order valence-corrected chi connectivity index (χ4v) is 2.15. The van der Waals surface area contributed by atoms with E-state index in [1.54, 1.807) is 12.2 Å². The molecule has 0 spiro atoms. The van der Waals surface area contributed by atoms with Crippen LogP contribution in [0.5, 0.6) is 0 Å². The minimum absolute atomic E-state index is 0.0801. The molecule has 0 saturated carbocycles. The van der Waals surface area contributed by atoms with Crippen molar-refractivity contribution in [2.75, 3.05) is 0 Å². The van der Waals surface area contributed by atoms with Gasteiger partial charge in [-0.2, -0.15) is 0 Å². The molecule has 0 fully saturated rings. The van der Waals surface area contributed by atoms with E-state index < -0.39 is 5.97 Å². The van der Waals surface area contributed by atoms with Gasteiger partial charge in [-0.25, -0.2) is 4.79 Å². The van der Waals surface area contributed by atoms with Crippen molar-refractivity contribution in [1.82, 2.24) is 0 Å². The second-order valence-electron chi connectivity index (χ2n) is 5.03. The molecular weight excluding hydrogens is 288 g/mol. The van der Waals surface area contributed by atoms with Gasteiger partial charge in [-0.1, -0.05) is 72.8 Å². The summed E-state index contributed by atoms with van der Waals surface area (Å²) in [4.78, 5) is 22.4. The minimum atomic E-state index is -0.982. The molecule has 0 radical (unpaired) electrons. The van der Waals surface area contributed by atoms with Crippen LogP contribution in [0.1, 0.15) is 23.2 Å². The predicted molar refractivity (Wildman–Crippen MR) is 91.4 cm³/mol. The molecule has 0 aromatic heterocycles. The Hall–Kier alpha value is -2.94. The van der Waals surface area contributed by atoms with Gasteiger partial charge in [-0.05, 0) is 17.5 Å². The Balaban J connectivity index is 1.89. The van der Waals surface area contributed by atoms with E-state index in [9.17, 15) is 9.59 Å². The first-order valence-corrected chi connectivity index (χ1v) is 7.41. The monoisotopic (exact) mass is 306 g/mol. The van der Waals surface area contributed by atoms with Crippen LogP contribution in [0.25, 0.3) is 11.1 Å². The van der Waals surface area contributed by atoms with Crippen molar-refractivity contribution in [2.24, 2.45) is 0 Å². The predicted octanol–water partition coefficient (Wildman–Crippen LogP) is 4.51. The molecule has 3 heteroatoms. The number of aliphatic carboxylic acids is 1. The van der Waals surface area contributed by atoms with Crippen molar-refractivity contribution < 1.29 is 14.7 Å². The maximum atomic E-state index is 12.1. The van der Waals surface area contributed by atoms with Gasteiger partial charge in [0.1, 0.15) is 0 Å². The number of carbonyl (C=O) groups excluding carboxylic acids is 1. The van der Waals surface area contributed by atoms with Crippen LogP contribution in [0.3, 0.4) is 0 Å². The number of benzene rings is 2. The van der Waals surface area contributed by atoms with E-state index in [0.29, 0.717) is 18.4 Å². The first-order valence-electron chi connectivity index (χ1n) is 7.41. The molecular formula is C20H18O3. The topological polar surface area (TPSA) is 54.4 Å². The summed E-state index contributed by atoms with van der Waals surface area (Å²) in [6.45, 7) is 0. The molecule has 1 N–H and O–H groups in total. The molecule has 2 rings (SSSR count). The highest BCUT2D eigenvalue weighted by atomic mass is 16.4. The van der Waals surface area contributed by atoms with Gasteiger partial charge in [-0.3, -0.25) is 4.79 Å². The first kappa shape index (κ1) is 16.4. The molecule has 0 aliphatic rings. The van der Waals surface area contributed by atoms with E-state index in [1.165, 1.54) is 6.08 Å². The van der Waals surface area contributed by atoms with Gasteiger partial charge >= 0.3 is 5.97 Å². The van der Waals surface area contributed by atoms with Crippen molar-refractivity contribution in [1.29, 1.82) is 0 Å². The van der Waals surface area contributed by atoms with Crippen molar-refractivity contribution in [3.8, 4) is 11.1 Å². The number of ketones is 1. The number of Topliss-reactive ketones (excluding diaryl/α,β-unsaturated/α-hetero) is 1. The normalized spacial score (nSPS) is 11.1. The second kappa shape index (κ2) is 8.49. The standard InChI is InChI=1S/C20H18O3/c21-19(10-6-1-2-7-11-20(22)23)18-14-12-17(13-15-18)16-8-4-3-5-9-16/h1-5,7-9,11-15H,6,10H2,(H,22,23). The summed E-state index contributed by atoms with van der Waals surface area (Å²) in [6, 6.07) is 17.6. The quantitative estimate of drug-likeness (QED) is 0.465. The molecule has 23 heavy (non-hydrogen) atoms. The summed E-state index contributed by atoms with van der Waals surface area (Å²) in [7, 11) is 0. The van der Waals surface area contributed by atoms with Gasteiger partial charge in [0.15, 0.2) is 5.78 Å². The number of carboxylic acid groups (broad SMARTS) is 1. The fraction of sp³-hybridized carbons (Fsp3) is 0.100. The SMILES string of the molecule is O=C(O)C=CC=CCCC(=O)c1ccc(-c2ccccc2)cc1. The molecule has 2 aromatic rings. The van der Waals surface area contributed by atoms with Gasteiger partial charge in [0, 0.05) is 18.1 Å². The number of hydrogen-bond acceptors (Lipinski definition) is 2. The van der Waals surface area contributed by atoms with E-state index in [4.69, 9.17) is 5.11 Å². The Morgan fingerprint density at radius 2 is 1.52 bits per heavy atom. The first-order chi connectivity index (χ1) is 11.2. The van der Waals surface area contributed by atoms with E-state index >= 15 is 0 Å². The van der Waals surface area contributed by atoms with Crippen LogP contribution in [0, 0.1) is 0 Å². The van der Waals surface area contributed by atoms with Gasteiger partial charge < -0.3 is 5.11 Å². The average molecular weight is 306 g/mol. The van der Waals surface area contributed by atoms with Gasteiger partial charge in [-0.15, -0.1) is 0 Å². The maximum Gasteiger partial charge on any atom is 0.328 e. The van der Waals surface area contributed by atoms with Crippen molar-refractivity contribution in [3.05, 3.63) is 84.5 Å². The average Bonchev–Trinajstić information content (AvgIpc) is 2.58. The lowest BCUT2D eigenvalue weighted by atomic mass is 10.0. The lowest BCUT2D eigenvalue weighted by Gasteiger charge is -2.03. The van der Waals surface area contributed by atoms with E-state index in [-0.39, 0.29) is 5.78 Å². The Bertz CT molecular complexity index is 710. The summed E-state index contributed by atoms with van der Waals surface area (Å²) in [5, 5.41) is 8.44. The Labute approximate surface area is 135 Å². The van der Waals surface area contributed by atoms with Crippen LogP contribution >= 0.6 is 0 Å². The van der Waals surface area contributed by atoms with Crippen molar-refractivity contribution in [3.63, 3.8) is 0 Å². The van der Waals surface area contributed by atoms with E-state index in [1.807, 2.05) is 54.6 Å². The second-order valence-corrected chi connectivity index (χ2v) is 5.03. The highest BCUT2D eigenvalue weighted by Gasteiger charge is 2.05. The third-order valence-corrected chi connectivity index (χ3v) is 3.34. The number of hydrogen-bond donors (Lipinski definition) is 1. The van der Waals surface area contributed by atoms with E-state index in [0.717, 1.165) is 17.2 Å². The molecule has 2 aromatic carbocycles. The smallest absolute Gasteiger partial charge is 0.328 e. The largest absolute Gasteiger partial charge is 0.478 e. The summed E-state index contributed by atoms with van der Waals surface area (Å²) in [5.74, 6) is -0.902. The molecule has 0 atom stereocenters. The van der Waals surface area contributed by atoms with Crippen LogP contribution in [0.15, 0.2) is 78.9 Å². The van der Waals surface area contributed by atoms with Gasteiger partial charge in [0.05, 0.1) is 0 Å². The molecule has 0 unspecified atom stereocenters. The van der Waals surface area contributed by atoms with Crippen LogP contribution in [-0.4, -0.2) is 16.9 Å². The van der Waals surface area contributed by atoms with Crippen molar-refractivity contribution in [2.45, 2.75) is 12.8 Å². The molecule has 0 amide bonds. The zero-order valence-electron chi connectivity index (χ0n) is 12.7. The lowest BCUT2D eigenvalue weighted by Crippen LogP contribution is -1.97. The fourth-order valence-electron chi connectivity index (χ4n) is 2.15. The summed E-state index contributed by atoms with van der Waals surface area (Å²) in [5.41, 5.74) is 2.90. The molecule has 0 aliphatic heterocycles. The number of carbonyl (C=O) groups is 2. The highest BCUT2D eigenvalue weighted by molar-refractivity contribution is 5.96. The molecule has 3 nitrogen and oxygen atoms in total. The molecule has 116 valence electrons. The summed E-state index contributed by atoms with van der Waals surface area (Å²) >= 11 is 0. The number of rotatable bonds is 7. The molecule has 0 heterocycles. The molecule has 0 aliphatic carbocycles. The zero-order chi connectivity index (χ0) is 16.5. The lowest BCUT2D eigenvalue weighted by molar-refractivity contribution is -0.131. The van der Waals surface area contributed by atoms with Crippen LogP contribution < -0.4 is 0 Å². The Morgan fingerprint density at radius 3 is 2.17 bits per heavy atom. The number of allylic oxidation sites excluding steroid dienone is 3. The Kier molecular flexibility index (Phi) is 6.07. The third-order valence-electron chi connectivity index (χ3n) is 3.34. The minimum Gasteiger partial charge on any atom is -0.478 e. The molecule has 0 bridgehead atoms. The van der Waals surface area contributed by atoms with Crippen LogP contribution in [0.4, 0.5) is 0 Å². The van der Waals surface area contributed by atoms with Gasteiger partial charge in [0.25, 0.3) is 0 Å². The van der Waals surface area contributed by atoms with Gasteiger partial charge in [0.2, 0.25) is 0 Å². The summed E-state index contributed by atoms with van der Waals surface area (Å²) in [6.07, 6.45) is 6.92. The highest BCUT2D eigenvalue weighted by Crippen LogP contribution is 2.19. The van der Waals surface area contributed by atoms with Crippen LogP contribution in [0.2, 0.25) is 0 Å². The van der Waals surface area contributed by atoms with E-state index in [2.05, 4.69) is 0 Å². The van der Waals surface area contributed by atoms with Crippen LogP contribution in [-0.2, 0) is 4.79 Å². The zero-order valence-corrected chi connectivity index (χ0v) is 12.7. The third kappa shape index (κ3) is 5.40. The Morgan fingerprint density at radius 1 is 0.870 bits per heavy atom. The molecule has 0 saturated heterocycles. The maximum absolute atomic E-state index is 12.1. The summed E-state index contributed by atoms with van der Waals surface area (Å²) < 4.78 is 0.